The van der Waals surface area contributed by atoms with Crippen molar-refractivity contribution in [3.05, 3.63) is 48.6 Å². The van der Waals surface area contributed by atoms with E-state index in [4.69, 9.17) is 14.0 Å². The number of aliphatic hydroxyl groups excluding tert-OH is 5. The molecule has 1 amide bonds. The topological polar surface area (TPSA) is 212 Å². The highest BCUT2D eigenvalue weighted by Gasteiger charge is 2.48. The van der Waals surface area contributed by atoms with Crippen LogP contribution in [-0.2, 0) is 28.9 Å². The molecule has 0 spiro atoms. The van der Waals surface area contributed by atoms with E-state index >= 15 is 0 Å². The predicted octanol–water partition coefficient (Wildman–Crippen LogP) is 7.07. The molecule has 1 aliphatic heterocycles. The van der Waals surface area contributed by atoms with E-state index in [1.165, 1.54) is 63.9 Å². The Morgan fingerprint density at radius 1 is 0.707 bits per heavy atom. The van der Waals surface area contributed by atoms with Crippen molar-refractivity contribution in [2.45, 2.75) is 210 Å². The van der Waals surface area contributed by atoms with E-state index in [-0.39, 0.29) is 6.42 Å². The fraction of sp³-hybridized carbons (Fsp3) is 0.795. The monoisotopic (exact) mass is 846 g/mol. The third-order valence-electron chi connectivity index (χ3n) is 10.2. The quantitative estimate of drug-likeness (QED) is 0.0192. The Morgan fingerprint density at radius 2 is 1.21 bits per heavy atom. The number of rotatable bonds is 36. The zero-order valence-electron chi connectivity index (χ0n) is 35.5. The number of ether oxygens (including phenoxy) is 2. The van der Waals surface area contributed by atoms with Crippen LogP contribution in [0.4, 0.5) is 0 Å². The number of carbonyl (C=O) groups is 1. The zero-order valence-corrected chi connectivity index (χ0v) is 36.3. The second-order valence-corrected chi connectivity index (χ2v) is 16.4. The lowest BCUT2D eigenvalue weighted by molar-refractivity contribution is -0.298. The van der Waals surface area contributed by atoms with Gasteiger partial charge in [-0.1, -0.05) is 146 Å². The highest BCUT2D eigenvalue weighted by atomic mass is 32.3. The van der Waals surface area contributed by atoms with Gasteiger partial charge in [0.25, 0.3) is 0 Å². The fourth-order valence-corrected chi connectivity index (χ4v) is 7.18. The molecule has 1 rings (SSSR count). The van der Waals surface area contributed by atoms with Gasteiger partial charge in [0.15, 0.2) is 6.29 Å². The van der Waals surface area contributed by atoms with Crippen molar-refractivity contribution >= 4 is 16.3 Å². The van der Waals surface area contributed by atoms with Crippen molar-refractivity contribution < 1.29 is 57.0 Å². The Balaban J connectivity index is 2.56. The number of nitrogens with one attached hydrogen (secondary N) is 1. The van der Waals surface area contributed by atoms with Crippen LogP contribution in [0, 0.1) is 0 Å². The van der Waals surface area contributed by atoms with Gasteiger partial charge in [0.2, 0.25) is 5.91 Å². The molecular formula is C44H79NO12S. The van der Waals surface area contributed by atoms with Gasteiger partial charge in [0.05, 0.1) is 25.4 Å². The average Bonchev–Trinajstić information content (AvgIpc) is 3.19. The molecule has 0 aromatic carbocycles. The molecule has 14 heteroatoms. The van der Waals surface area contributed by atoms with E-state index in [0.717, 1.165) is 70.6 Å². The largest absolute Gasteiger partial charge is 0.397 e. The third kappa shape index (κ3) is 27.0. The van der Waals surface area contributed by atoms with Crippen molar-refractivity contribution in [1.82, 2.24) is 5.32 Å². The number of hydrogen-bond donors (Lipinski definition) is 7. The molecule has 13 nitrogen and oxygen atoms in total. The number of unbranched alkanes of at least 4 members (excludes halogenated alkanes) is 17. The van der Waals surface area contributed by atoms with Crippen molar-refractivity contribution in [1.29, 1.82) is 0 Å². The van der Waals surface area contributed by atoms with Gasteiger partial charge in [-0.25, -0.2) is 4.18 Å². The van der Waals surface area contributed by atoms with E-state index in [9.17, 15) is 38.7 Å². The first-order valence-corrected chi connectivity index (χ1v) is 23.5. The van der Waals surface area contributed by atoms with Gasteiger partial charge in [0.1, 0.15) is 30.5 Å². The molecule has 1 fully saturated rings. The van der Waals surface area contributed by atoms with Crippen molar-refractivity contribution in [2.75, 3.05) is 13.2 Å². The summed E-state index contributed by atoms with van der Waals surface area (Å²) in [4.78, 5) is 13.1. The molecule has 8 unspecified atom stereocenters. The Morgan fingerprint density at radius 3 is 1.74 bits per heavy atom. The van der Waals surface area contributed by atoms with Crippen LogP contribution in [0.15, 0.2) is 48.6 Å². The lowest BCUT2D eigenvalue weighted by Gasteiger charge is -2.41. The Hall–Kier alpha value is -1.98. The standard InChI is InChI=1S/C44H79NO12S/c1-3-5-7-9-11-13-15-16-17-18-19-20-21-22-23-25-27-29-31-33-38(48)43(51)45-36(37(47)32-30-28-26-24-14-12-10-8-6-4-2)35-55-44-41(50)42(57-58(52,53)54)40(49)39(34-46)56-44/h6,8,14,19-20,24,30,32,36-42,44,46-50H,3-5,7,9-13,15-18,21-23,25-29,31,33-35H2,1-2H3,(H,45,51)(H,52,53,54)/b8-6+,20-19-,24-14+,32-30+. The van der Waals surface area contributed by atoms with Crippen molar-refractivity contribution in [2.24, 2.45) is 0 Å². The molecule has 0 bridgehead atoms. The first kappa shape index (κ1) is 54.0. The molecule has 0 saturated carbocycles. The molecule has 7 N–H and O–H groups in total. The van der Waals surface area contributed by atoms with E-state index in [1.807, 2.05) is 6.08 Å². The molecule has 0 aromatic rings. The molecule has 58 heavy (non-hydrogen) atoms. The molecule has 0 aromatic heterocycles. The summed E-state index contributed by atoms with van der Waals surface area (Å²) in [5.41, 5.74) is 0. The first-order valence-electron chi connectivity index (χ1n) is 22.1. The third-order valence-corrected chi connectivity index (χ3v) is 10.6. The van der Waals surface area contributed by atoms with E-state index < -0.39 is 78.5 Å². The van der Waals surface area contributed by atoms with E-state index in [1.54, 1.807) is 6.08 Å². The minimum Gasteiger partial charge on any atom is -0.394 e. The summed E-state index contributed by atoms with van der Waals surface area (Å²) in [6.45, 7) is 3.04. The van der Waals surface area contributed by atoms with Gasteiger partial charge in [-0.05, 0) is 64.2 Å². The summed E-state index contributed by atoms with van der Waals surface area (Å²) in [5, 5.41) is 55.0. The normalized spacial score (nSPS) is 22.1. The average molecular weight is 846 g/mol. The van der Waals surface area contributed by atoms with Crippen LogP contribution in [0.1, 0.15) is 162 Å². The Kier molecular flexibility index (Phi) is 32.3. The maximum atomic E-state index is 13.1. The molecule has 1 saturated heterocycles. The molecule has 8 atom stereocenters. The molecule has 1 heterocycles. The number of carbonyl (C=O) groups excluding carboxylic acids is 1. The summed E-state index contributed by atoms with van der Waals surface area (Å²) >= 11 is 0. The van der Waals surface area contributed by atoms with Gasteiger partial charge in [-0.15, -0.1) is 0 Å². The van der Waals surface area contributed by atoms with Crippen LogP contribution in [0.3, 0.4) is 0 Å². The number of hydrogen-bond acceptors (Lipinski definition) is 11. The van der Waals surface area contributed by atoms with Crippen LogP contribution in [-0.4, -0.2) is 107 Å². The second-order valence-electron chi connectivity index (χ2n) is 15.4. The van der Waals surface area contributed by atoms with Gasteiger partial charge in [0, 0.05) is 0 Å². The molecular weight excluding hydrogens is 767 g/mol. The van der Waals surface area contributed by atoms with Crippen LogP contribution in [0.25, 0.3) is 0 Å². The van der Waals surface area contributed by atoms with Crippen molar-refractivity contribution in [3.8, 4) is 0 Å². The summed E-state index contributed by atoms with van der Waals surface area (Å²) in [6, 6.07) is -1.14. The maximum Gasteiger partial charge on any atom is 0.397 e. The van der Waals surface area contributed by atoms with E-state index in [2.05, 4.69) is 53.7 Å². The highest BCUT2D eigenvalue weighted by molar-refractivity contribution is 7.80. The van der Waals surface area contributed by atoms with Crippen molar-refractivity contribution in [3.63, 3.8) is 0 Å². The van der Waals surface area contributed by atoms with Gasteiger partial charge in [-0.2, -0.15) is 8.42 Å². The Labute approximate surface area is 350 Å². The fourth-order valence-electron chi connectivity index (χ4n) is 6.67. The van der Waals surface area contributed by atoms with Gasteiger partial charge < -0.3 is 40.3 Å². The predicted molar refractivity (Wildman–Crippen MR) is 228 cm³/mol. The molecule has 1 aliphatic rings. The number of amides is 1. The van der Waals surface area contributed by atoms with Crippen LogP contribution in [0.5, 0.6) is 0 Å². The SMILES string of the molecule is CC/C=C/CC/C=C/CC/C=C/C(O)C(COC1OC(CO)C(O)C(OS(=O)(=O)O)C1O)NC(=O)C(O)CCCCCCCC/C=C\CCCCCCCCCCC. The molecule has 0 aliphatic carbocycles. The maximum absolute atomic E-state index is 13.1. The molecule has 338 valence electrons. The Bertz CT molecular complexity index is 1240. The summed E-state index contributed by atoms with van der Waals surface area (Å²) in [5.74, 6) is -0.725. The number of allylic oxidation sites excluding steroid dienone is 7. The van der Waals surface area contributed by atoms with E-state index in [0.29, 0.717) is 12.8 Å². The first-order chi connectivity index (χ1) is 27.9. The van der Waals surface area contributed by atoms with Gasteiger partial charge >= 0.3 is 10.4 Å². The lowest BCUT2D eigenvalue weighted by atomic mass is 9.99. The van der Waals surface area contributed by atoms with Crippen LogP contribution in [0.2, 0.25) is 0 Å². The summed E-state index contributed by atoms with van der Waals surface area (Å²) in [6.07, 6.45) is 29.4. The summed E-state index contributed by atoms with van der Waals surface area (Å²) < 4.78 is 47.3. The summed E-state index contributed by atoms with van der Waals surface area (Å²) in [7, 11) is -5.12. The minimum absolute atomic E-state index is 0.225. The smallest absolute Gasteiger partial charge is 0.394 e. The van der Waals surface area contributed by atoms with Crippen LogP contribution >= 0.6 is 0 Å². The molecule has 0 radical (unpaired) electrons. The zero-order chi connectivity index (χ0) is 42.9. The number of aliphatic hydroxyl groups is 5. The highest BCUT2D eigenvalue weighted by Crippen LogP contribution is 2.26. The van der Waals surface area contributed by atoms with Gasteiger partial charge in [-0.3, -0.25) is 9.35 Å². The second kappa shape index (κ2) is 34.7. The minimum atomic E-state index is -5.12. The lowest BCUT2D eigenvalue weighted by Crippen LogP contribution is -2.61. The van der Waals surface area contributed by atoms with Crippen LogP contribution < -0.4 is 5.32 Å².